The zero-order valence-electron chi connectivity index (χ0n) is 17.1. The van der Waals surface area contributed by atoms with Gasteiger partial charge in [0.2, 0.25) is 5.95 Å². The molecule has 2 aliphatic rings. The van der Waals surface area contributed by atoms with E-state index in [1.807, 2.05) is 4.57 Å². The number of hydrogen-bond donors (Lipinski definition) is 1. The van der Waals surface area contributed by atoms with Crippen LogP contribution in [0.25, 0.3) is 5.69 Å². The number of fused-ring (bicyclic) bond motifs is 3. The number of nitrogens with zero attached hydrogens (tertiary/aromatic N) is 6. The van der Waals surface area contributed by atoms with Gasteiger partial charge in [0.25, 0.3) is 0 Å². The number of anilines is 3. The monoisotopic (exact) mass is 427 g/mol. The van der Waals surface area contributed by atoms with E-state index in [9.17, 15) is 8.78 Å². The van der Waals surface area contributed by atoms with Crippen LogP contribution in [0, 0.1) is 0 Å². The van der Waals surface area contributed by atoms with Crippen LogP contribution in [0.15, 0.2) is 36.8 Å². The Morgan fingerprint density at radius 1 is 1.19 bits per heavy atom. The van der Waals surface area contributed by atoms with Crippen molar-refractivity contribution in [3.05, 3.63) is 42.6 Å². The van der Waals surface area contributed by atoms with Gasteiger partial charge in [0.1, 0.15) is 17.8 Å². The smallest absolute Gasteiger partial charge is 0.387 e. The van der Waals surface area contributed by atoms with Crippen LogP contribution in [0.4, 0.5) is 26.2 Å². The predicted octanol–water partition coefficient (Wildman–Crippen LogP) is 4.62. The lowest BCUT2D eigenvalue weighted by Gasteiger charge is -2.40. The minimum Gasteiger partial charge on any atom is -0.435 e. The van der Waals surface area contributed by atoms with Crippen molar-refractivity contribution in [2.75, 3.05) is 10.2 Å². The van der Waals surface area contributed by atoms with Crippen molar-refractivity contribution in [1.29, 1.82) is 0 Å². The van der Waals surface area contributed by atoms with Gasteiger partial charge in [0, 0.05) is 11.7 Å². The molecule has 10 heteroatoms. The average Bonchev–Trinajstić information content (AvgIpc) is 3.46. The van der Waals surface area contributed by atoms with E-state index in [1.54, 1.807) is 24.7 Å². The van der Waals surface area contributed by atoms with Gasteiger partial charge in [-0.1, -0.05) is 19.8 Å². The molecule has 3 heterocycles. The summed E-state index contributed by atoms with van der Waals surface area (Å²) in [5, 5.41) is 11.7. The number of halogens is 2. The molecule has 3 aromatic rings. The lowest BCUT2D eigenvalue weighted by molar-refractivity contribution is -0.0498. The lowest BCUT2D eigenvalue weighted by Crippen LogP contribution is -2.42. The molecule has 0 saturated heterocycles. The van der Waals surface area contributed by atoms with E-state index in [0.29, 0.717) is 17.7 Å². The van der Waals surface area contributed by atoms with Gasteiger partial charge in [-0.3, -0.25) is 4.57 Å². The summed E-state index contributed by atoms with van der Waals surface area (Å²) in [5.74, 6) is 2.32. The molecule has 1 atom stereocenters. The maximum atomic E-state index is 12.4. The van der Waals surface area contributed by atoms with Crippen LogP contribution >= 0.6 is 0 Å². The first-order valence-electron chi connectivity index (χ1n) is 10.5. The van der Waals surface area contributed by atoms with E-state index in [2.05, 4.69) is 37.1 Å². The number of alkyl halides is 2. The minimum atomic E-state index is -2.85. The summed E-state index contributed by atoms with van der Waals surface area (Å²) in [4.78, 5) is 11.7. The minimum absolute atomic E-state index is 0.102. The van der Waals surface area contributed by atoms with Gasteiger partial charge < -0.3 is 15.0 Å². The van der Waals surface area contributed by atoms with Crippen molar-refractivity contribution in [1.82, 2.24) is 24.7 Å². The molecule has 0 bridgehead atoms. The fourth-order valence-corrected chi connectivity index (χ4v) is 4.55. The van der Waals surface area contributed by atoms with Gasteiger partial charge in [0.05, 0.1) is 12.2 Å². The van der Waals surface area contributed by atoms with Crippen molar-refractivity contribution in [3.8, 4) is 11.4 Å². The van der Waals surface area contributed by atoms with Crippen LogP contribution < -0.4 is 15.0 Å². The van der Waals surface area contributed by atoms with Crippen LogP contribution in [0.3, 0.4) is 0 Å². The number of benzene rings is 1. The summed E-state index contributed by atoms with van der Waals surface area (Å²) in [6.07, 6.45) is 9.06. The van der Waals surface area contributed by atoms with Crippen molar-refractivity contribution in [3.63, 3.8) is 0 Å². The SMILES string of the molecule is CCC1c2nncn2-c2cnc(Nc3ccc(OC(F)F)cc3)nc2N1C1CCCC1. The Hall–Kier alpha value is -3.30. The second-order valence-electron chi connectivity index (χ2n) is 7.76. The number of hydrogen-bond acceptors (Lipinski definition) is 7. The number of aromatic nitrogens is 5. The highest BCUT2D eigenvalue weighted by Crippen LogP contribution is 2.42. The standard InChI is InChI=1S/C21H23F2N7O/c1-2-16-19-28-25-12-29(19)17-11-24-21(27-18(17)30(16)14-5-3-4-6-14)26-13-7-9-15(10-8-13)31-20(22)23/h7-12,14,16,20H,2-6H2,1H3,(H,24,26,27). The Kier molecular flexibility index (Phi) is 5.13. The summed E-state index contributed by atoms with van der Waals surface area (Å²) >= 11 is 0. The molecule has 1 N–H and O–H groups in total. The zero-order chi connectivity index (χ0) is 21.4. The molecule has 1 aliphatic heterocycles. The molecule has 1 aliphatic carbocycles. The van der Waals surface area contributed by atoms with Crippen LogP contribution in [0.2, 0.25) is 0 Å². The molecule has 162 valence electrons. The molecule has 1 aromatic carbocycles. The van der Waals surface area contributed by atoms with Crippen molar-refractivity contribution < 1.29 is 13.5 Å². The third-order valence-electron chi connectivity index (χ3n) is 5.90. The third kappa shape index (κ3) is 3.66. The summed E-state index contributed by atoms with van der Waals surface area (Å²) in [6.45, 7) is -0.696. The molecule has 1 saturated carbocycles. The van der Waals surface area contributed by atoms with E-state index in [0.717, 1.165) is 36.6 Å². The average molecular weight is 427 g/mol. The summed E-state index contributed by atoms with van der Waals surface area (Å²) < 4.78 is 31.1. The Balaban J connectivity index is 1.48. The Bertz CT molecular complexity index is 1050. The van der Waals surface area contributed by atoms with Crippen LogP contribution in [-0.2, 0) is 0 Å². The van der Waals surface area contributed by atoms with Gasteiger partial charge in [-0.2, -0.15) is 13.8 Å². The molecule has 2 aromatic heterocycles. The van der Waals surface area contributed by atoms with E-state index in [4.69, 9.17) is 4.98 Å². The number of rotatable bonds is 6. The lowest BCUT2D eigenvalue weighted by atomic mass is 10.0. The Labute approximate surface area is 178 Å². The van der Waals surface area contributed by atoms with Gasteiger partial charge in [-0.15, -0.1) is 10.2 Å². The molecule has 0 amide bonds. The maximum Gasteiger partial charge on any atom is 0.387 e. The summed E-state index contributed by atoms with van der Waals surface area (Å²) in [7, 11) is 0. The van der Waals surface area contributed by atoms with Crippen molar-refractivity contribution in [2.45, 2.75) is 57.7 Å². The molecule has 31 heavy (non-hydrogen) atoms. The molecule has 1 fully saturated rings. The molecule has 1 unspecified atom stereocenters. The second-order valence-corrected chi connectivity index (χ2v) is 7.76. The highest BCUT2D eigenvalue weighted by atomic mass is 19.3. The highest BCUT2D eigenvalue weighted by molar-refractivity contribution is 5.65. The normalized spacial score (nSPS) is 18.2. The predicted molar refractivity (Wildman–Crippen MR) is 111 cm³/mol. The van der Waals surface area contributed by atoms with Crippen molar-refractivity contribution >= 4 is 17.5 Å². The van der Waals surface area contributed by atoms with Gasteiger partial charge in [-0.05, 0) is 43.5 Å². The first-order valence-corrected chi connectivity index (χ1v) is 10.5. The van der Waals surface area contributed by atoms with Crippen molar-refractivity contribution in [2.24, 2.45) is 0 Å². The fraction of sp³-hybridized carbons (Fsp3) is 0.429. The first-order chi connectivity index (χ1) is 15.1. The fourth-order valence-electron chi connectivity index (χ4n) is 4.55. The van der Waals surface area contributed by atoms with Gasteiger partial charge in [-0.25, -0.2) is 4.98 Å². The molecule has 8 nitrogen and oxygen atoms in total. The van der Waals surface area contributed by atoms with Gasteiger partial charge >= 0.3 is 6.61 Å². The number of ether oxygens (including phenoxy) is 1. The quantitative estimate of drug-likeness (QED) is 0.615. The zero-order valence-corrected chi connectivity index (χ0v) is 17.1. The maximum absolute atomic E-state index is 12.4. The summed E-state index contributed by atoms with van der Waals surface area (Å²) in [5.41, 5.74) is 1.55. The first kappa shape index (κ1) is 19.7. The molecule has 5 rings (SSSR count). The van der Waals surface area contributed by atoms with E-state index in [1.165, 1.54) is 25.0 Å². The molecular formula is C21H23F2N7O. The molecular weight excluding hydrogens is 404 g/mol. The molecule has 0 spiro atoms. The van der Waals surface area contributed by atoms with Gasteiger partial charge in [0.15, 0.2) is 11.6 Å². The molecule has 0 radical (unpaired) electrons. The van der Waals surface area contributed by atoms with Crippen LogP contribution in [-0.4, -0.2) is 37.4 Å². The Morgan fingerprint density at radius 3 is 2.68 bits per heavy atom. The Morgan fingerprint density at radius 2 is 1.97 bits per heavy atom. The largest absolute Gasteiger partial charge is 0.435 e. The second kappa shape index (κ2) is 8.09. The third-order valence-corrected chi connectivity index (χ3v) is 5.90. The van der Waals surface area contributed by atoms with E-state index in [-0.39, 0.29) is 11.8 Å². The summed E-state index contributed by atoms with van der Waals surface area (Å²) in [6, 6.07) is 6.78. The van der Waals surface area contributed by atoms with Crippen LogP contribution in [0.5, 0.6) is 5.75 Å². The number of nitrogens with one attached hydrogen (secondary N) is 1. The van der Waals surface area contributed by atoms with E-state index >= 15 is 0 Å². The topological polar surface area (TPSA) is 81.0 Å². The highest BCUT2D eigenvalue weighted by Gasteiger charge is 2.38. The van der Waals surface area contributed by atoms with Crippen LogP contribution in [0.1, 0.15) is 50.9 Å². The van der Waals surface area contributed by atoms with E-state index < -0.39 is 6.61 Å².